The van der Waals surface area contributed by atoms with E-state index in [0.717, 1.165) is 23.3 Å². The van der Waals surface area contributed by atoms with Gasteiger partial charge in [-0.05, 0) is 53.6 Å². The summed E-state index contributed by atoms with van der Waals surface area (Å²) < 4.78 is 39.9. The van der Waals surface area contributed by atoms with Crippen LogP contribution in [0.4, 0.5) is 13.2 Å². The fourth-order valence-corrected chi connectivity index (χ4v) is 5.38. The highest BCUT2D eigenvalue weighted by Gasteiger charge is 2.38. The van der Waals surface area contributed by atoms with Crippen molar-refractivity contribution in [3.05, 3.63) is 107 Å². The molecule has 1 N–H and O–H groups in total. The van der Waals surface area contributed by atoms with Crippen LogP contribution in [0.2, 0.25) is 0 Å². The van der Waals surface area contributed by atoms with Gasteiger partial charge in [-0.15, -0.1) is 0 Å². The Hall–Kier alpha value is -3.65. The summed E-state index contributed by atoms with van der Waals surface area (Å²) in [6.45, 7) is 0.919. The molecule has 1 fully saturated rings. The fourth-order valence-electron chi connectivity index (χ4n) is 5.38. The summed E-state index contributed by atoms with van der Waals surface area (Å²) in [5.74, 6) is -0.368. The summed E-state index contributed by atoms with van der Waals surface area (Å²) in [7, 11) is 0. The van der Waals surface area contributed by atoms with E-state index < -0.39 is 17.8 Å². The minimum atomic E-state index is -4.45. The second-order valence-corrected chi connectivity index (χ2v) is 10.0. The number of nitrogens with zero attached hydrogens (tertiary/aromatic N) is 2. The zero-order chi connectivity index (χ0) is 26.7. The number of hydrogen-bond acceptors (Lipinski definition) is 3. The summed E-state index contributed by atoms with van der Waals surface area (Å²) in [5, 5.41) is 3.31. The van der Waals surface area contributed by atoms with Gasteiger partial charge in [-0.1, -0.05) is 66.7 Å². The standard InChI is InChI=1S/C30H30F3N3O2/c31-30(32,33)25-12-6-9-22(15-25)18-36-26(14-13-21-7-2-1-3-8-21)19-35(20-28(36)37)29(38)27-16-23-10-4-5-11-24(23)17-34-27/h1-12,15,26-27,34H,13-14,16-20H2/t26-,27-/m0/s1. The minimum Gasteiger partial charge on any atom is -0.332 e. The predicted molar refractivity (Wildman–Crippen MR) is 138 cm³/mol. The number of hydrogen-bond donors (Lipinski definition) is 1. The van der Waals surface area contributed by atoms with E-state index in [-0.39, 0.29) is 30.9 Å². The lowest BCUT2D eigenvalue weighted by Crippen LogP contribution is -2.61. The van der Waals surface area contributed by atoms with E-state index in [1.54, 1.807) is 15.9 Å². The summed E-state index contributed by atoms with van der Waals surface area (Å²) in [5.41, 5.74) is 3.08. The van der Waals surface area contributed by atoms with Crippen LogP contribution in [0, 0.1) is 0 Å². The van der Waals surface area contributed by atoms with Crippen molar-refractivity contribution in [2.45, 2.75) is 50.6 Å². The van der Waals surface area contributed by atoms with Gasteiger partial charge in [0.25, 0.3) is 0 Å². The third-order valence-corrected chi connectivity index (χ3v) is 7.43. The molecule has 2 atom stereocenters. The van der Waals surface area contributed by atoms with Crippen molar-refractivity contribution < 1.29 is 22.8 Å². The first kappa shape index (κ1) is 26.0. The van der Waals surface area contributed by atoms with Crippen LogP contribution in [0.3, 0.4) is 0 Å². The molecule has 0 aliphatic carbocycles. The molecule has 1 saturated heterocycles. The molecule has 3 aromatic rings. The molecule has 0 radical (unpaired) electrons. The van der Waals surface area contributed by atoms with Gasteiger partial charge in [0, 0.05) is 19.6 Å². The Kier molecular flexibility index (Phi) is 7.51. The summed E-state index contributed by atoms with van der Waals surface area (Å²) >= 11 is 0. The first-order valence-electron chi connectivity index (χ1n) is 12.9. The molecule has 0 aromatic heterocycles. The monoisotopic (exact) mass is 521 g/mol. The Morgan fingerprint density at radius 1 is 0.921 bits per heavy atom. The number of carbonyl (C=O) groups excluding carboxylic acids is 2. The van der Waals surface area contributed by atoms with Crippen LogP contribution in [-0.4, -0.2) is 46.8 Å². The normalized spacial score (nSPS) is 19.8. The Morgan fingerprint density at radius 3 is 2.39 bits per heavy atom. The lowest BCUT2D eigenvalue weighted by molar-refractivity contribution is -0.150. The van der Waals surface area contributed by atoms with Crippen molar-refractivity contribution >= 4 is 11.8 Å². The maximum atomic E-state index is 13.5. The van der Waals surface area contributed by atoms with Crippen LogP contribution < -0.4 is 5.32 Å². The van der Waals surface area contributed by atoms with E-state index in [1.807, 2.05) is 54.6 Å². The van der Waals surface area contributed by atoms with Crippen LogP contribution in [0.5, 0.6) is 0 Å². The van der Waals surface area contributed by atoms with Crippen molar-refractivity contribution in [2.24, 2.45) is 0 Å². The Balaban J connectivity index is 1.34. The molecule has 8 heteroatoms. The molecule has 0 bridgehead atoms. The van der Waals surface area contributed by atoms with Crippen molar-refractivity contribution in [2.75, 3.05) is 13.1 Å². The number of rotatable bonds is 6. The van der Waals surface area contributed by atoms with Crippen LogP contribution in [0.25, 0.3) is 0 Å². The number of carbonyl (C=O) groups is 2. The largest absolute Gasteiger partial charge is 0.416 e. The van der Waals surface area contributed by atoms with Crippen molar-refractivity contribution in [1.29, 1.82) is 0 Å². The van der Waals surface area contributed by atoms with Crippen LogP contribution in [0.1, 0.15) is 34.2 Å². The van der Waals surface area contributed by atoms with E-state index in [9.17, 15) is 22.8 Å². The average molecular weight is 522 g/mol. The smallest absolute Gasteiger partial charge is 0.332 e. The number of piperazine rings is 1. The molecule has 38 heavy (non-hydrogen) atoms. The lowest BCUT2D eigenvalue weighted by Gasteiger charge is -2.43. The van der Waals surface area contributed by atoms with E-state index in [4.69, 9.17) is 0 Å². The molecule has 5 nitrogen and oxygen atoms in total. The fraction of sp³-hybridized carbons (Fsp3) is 0.333. The SMILES string of the molecule is O=C([C@@H]1Cc2ccccc2CN1)N1CC(=O)N(Cc2cccc(C(F)(F)F)c2)[C@@H](CCc2ccccc2)C1. The second-order valence-electron chi connectivity index (χ2n) is 10.0. The molecule has 0 spiro atoms. The number of amides is 2. The van der Waals surface area contributed by atoms with Crippen LogP contribution in [-0.2, 0) is 41.7 Å². The number of aryl methyl sites for hydroxylation is 1. The number of alkyl halides is 3. The highest BCUT2D eigenvalue weighted by molar-refractivity contribution is 5.89. The highest BCUT2D eigenvalue weighted by atomic mass is 19.4. The summed E-state index contributed by atoms with van der Waals surface area (Å²) in [6, 6.07) is 22.2. The number of benzene rings is 3. The molecule has 2 aliphatic rings. The first-order valence-corrected chi connectivity index (χ1v) is 12.9. The van der Waals surface area contributed by atoms with E-state index in [0.29, 0.717) is 37.9 Å². The van der Waals surface area contributed by atoms with E-state index in [2.05, 4.69) is 5.32 Å². The molecule has 5 rings (SSSR count). The molecule has 2 aliphatic heterocycles. The minimum absolute atomic E-state index is 0.0687. The maximum Gasteiger partial charge on any atom is 0.416 e. The topological polar surface area (TPSA) is 52.7 Å². The summed E-state index contributed by atoms with van der Waals surface area (Å²) in [4.78, 5) is 30.2. The van der Waals surface area contributed by atoms with Gasteiger partial charge in [0.15, 0.2) is 0 Å². The Bertz CT molecular complexity index is 1300. The van der Waals surface area contributed by atoms with Gasteiger partial charge < -0.3 is 15.1 Å². The summed E-state index contributed by atoms with van der Waals surface area (Å²) in [6.07, 6.45) is -2.61. The van der Waals surface area contributed by atoms with Crippen LogP contribution >= 0.6 is 0 Å². The predicted octanol–water partition coefficient (Wildman–Crippen LogP) is 4.59. The highest BCUT2D eigenvalue weighted by Crippen LogP contribution is 2.30. The molecular weight excluding hydrogens is 491 g/mol. The molecule has 2 heterocycles. The van der Waals surface area contributed by atoms with Gasteiger partial charge in [-0.25, -0.2) is 0 Å². The molecule has 198 valence electrons. The zero-order valence-corrected chi connectivity index (χ0v) is 21.0. The van der Waals surface area contributed by atoms with Crippen LogP contribution in [0.15, 0.2) is 78.9 Å². The van der Waals surface area contributed by atoms with E-state index >= 15 is 0 Å². The van der Waals surface area contributed by atoms with Crippen molar-refractivity contribution in [1.82, 2.24) is 15.1 Å². The van der Waals surface area contributed by atoms with Crippen molar-refractivity contribution in [3.8, 4) is 0 Å². The quantitative estimate of drug-likeness (QED) is 0.516. The molecule has 0 saturated carbocycles. The van der Waals surface area contributed by atoms with Gasteiger partial charge >= 0.3 is 6.18 Å². The number of nitrogens with one attached hydrogen (secondary N) is 1. The zero-order valence-electron chi connectivity index (χ0n) is 21.0. The molecule has 2 amide bonds. The Morgan fingerprint density at radius 2 is 1.63 bits per heavy atom. The van der Waals surface area contributed by atoms with Gasteiger partial charge in [0.2, 0.25) is 11.8 Å². The van der Waals surface area contributed by atoms with Gasteiger partial charge in [-0.2, -0.15) is 13.2 Å². The number of fused-ring (bicyclic) bond motifs is 1. The molecular formula is C30H30F3N3O2. The number of halogens is 3. The molecule has 0 unspecified atom stereocenters. The lowest BCUT2D eigenvalue weighted by atomic mass is 9.94. The van der Waals surface area contributed by atoms with Crippen molar-refractivity contribution in [3.63, 3.8) is 0 Å². The third-order valence-electron chi connectivity index (χ3n) is 7.43. The van der Waals surface area contributed by atoms with Gasteiger partial charge in [0.1, 0.15) is 0 Å². The maximum absolute atomic E-state index is 13.5. The van der Waals surface area contributed by atoms with E-state index in [1.165, 1.54) is 11.6 Å². The second kappa shape index (κ2) is 11.0. The average Bonchev–Trinajstić information content (AvgIpc) is 2.93. The molecule has 3 aromatic carbocycles. The Labute approximate surface area is 220 Å². The van der Waals surface area contributed by atoms with Gasteiger partial charge in [0.05, 0.1) is 24.2 Å². The third kappa shape index (κ3) is 5.91. The van der Waals surface area contributed by atoms with Gasteiger partial charge in [-0.3, -0.25) is 9.59 Å². The first-order chi connectivity index (χ1) is 18.3.